The van der Waals surface area contributed by atoms with Crippen LogP contribution in [0.5, 0.6) is 11.5 Å². The van der Waals surface area contributed by atoms with Crippen molar-refractivity contribution in [1.29, 1.82) is 0 Å². The Kier molecular flexibility index (Phi) is 8.35. The zero-order chi connectivity index (χ0) is 27.1. The van der Waals surface area contributed by atoms with Crippen molar-refractivity contribution in [3.8, 4) is 11.5 Å². The van der Waals surface area contributed by atoms with E-state index in [9.17, 15) is 0 Å². The second kappa shape index (κ2) is 11.0. The molecule has 0 N–H and O–H groups in total. The average Bonchev–Trinajstić information content (AvgIpc) is 3.61. The quantitative estimate of drug-likeness (QED) is 0.248. The second-order valence-corrected chi connectivity index (χ2v) is 19.3. The van der Waals surface area contributed by atoms with Crippen LogP contribution in [0.2, 0.25) is 0 Å². The van der Waals surface area contributed by atoms with E-state index in [1.807, 2.05) is 0 Å². The summed E-state index contributed by atoms with van der Waals surface area (Å²) in [7, 11) is -2.06. The molecule has 0 saturated carbocycles. The number of hydrogen-bond donors (Lipinski definition) is 0. The third-order valence-electron chi connectivity index (χ3n) is 6.28. The van der Waals surface area contributed by atoms with E-state index >= 15 is 35.1 Å². The summed E-state index contributed by atoms with van der Waals surface area (Å²) in [5.74, 6) is -17.5. The fraction of sp³-hybridized carbons (Fsp3) is 0.0909. The maximum absolute atomic E-state index is 15.8. The molecule has 2 aliphatic rings. The predicted octanol–water partition coefficient (Wildman–Crippen LogP) is 1.08. The molecule has 2 aliphatic carbocycles. The fourth-order valence-corrected chi connectivity index (χ4v) is 15.9. The van der Waals surface area contributed by atoms with Crippen LogP contribution in [-0.4, -0.2) is 38.1 Å². The molecule has 2 aromatic rings. The van der Waals surface area contributed by atoms with Crippen LogP contribution in [-0.2, 0) is 16.6 Å². The summed E-state index contributed by atoms with van der Waals surface area (Å²) in [5.41, 5.74) is 0. The van der Waals surface area contributed by atoms with E-state index < -0.39 is 101 Å². The van der Waals surface area contributed by atoms with Crippen LogP contribution in [0.4, 0.5) is 35.1 Å². The van der Waals surface area contributed by atoms with Gasteiger partial charge < -0.3 is 0 Å². The molecule has 0 atom stereocenters. The standard InChI is InChI=1S/2C6H5F4OSi2.2C5H5.Ti/c2*7-2-1-3(8)5(10)6(4(2)9)11-13-12;2*1-2-4-5-3-1;/h2*13H2,12H3;2*1-3H,4H2;. The SMILES string of the molecule is Fc1c(F)[c]([Ti]([C]2=CC=CC2)([C]2=CC=CC2)[c]2c(F)c(F)c(O[SiH2][SiH3])c(F)c2F)c(F)c(F)c1O[SiH2][SiH3]. The van der Waals surface area contributed by atoms with E-state index in [0.29, 0.717) is 19.5 Å². The van der Waals surface area contributed by atoms with E-state index in [-0.39, 0.29) is 20.6 Å². The molecule has 0 aliphatic heterocycles. The number of allylic oxidation sites excluding steroid dienone is 8. The molecule has 0 aromatic heterocycles. The molecule has 0 unspecified atom stereocenters. The molecule has 2 aromatic carbocycles. The monoisotopic (exact) mass is 628 g/mol. The van der Waals surface area contributed by atoms with Crippen LogP contribution in [0.25, 0.3) is 0 Å². The van der Waals surface area contributed by atoms with Crippen molar-refractivity contribution < 1.29 is 60.6 Å². The summed E-state index contributed by atoms with van der Waals surface area (Å²) < 4.78 is 132. The van der Waals surface area contributed by atoms with Crippen LogP contribution in [0, 0.1) is 46.5 Å². The Morgan fingerprint density at radius 1 is 0.568 bits per heavy atom. The first-order chi connectivity index (χ1) is 17.6. The van der Waals surface area contributed by atoms with Gasteiger partial charge in [0.05, 0.1) is 0 Å². The minimum absolute atomic E-state index is 0.0417. The molecule has 0 saturated heterocycles. The number of benzene rings is 2. The van der Waals surface area contributed by atoms with Crippen molar-refractivity contribution in [3.05, 3.63) is 90.7 Å². The van der Waals surface area contributed by atoms with Gasteiger partial charge in [0.1, 0.15) is 0 Å². The second-order valence-electron chi connectivity index (χ2n) is 8.18. The van der Waals surface area contributed by atoms with Crippen molar-refractivity contribution >= 4 is 45.8 Å². The molecule has 37 heavy (non-hydrogen) atoms. The van der Waals surface area contributed by atoms with Crippen LogP contribution in [0.15, 0.2) is 44.2 Å². The zero-order valence-corrected chi connectivity index (χ0v) is 28.0. The maximum atomic E-state index is 15.8. The zero-order valence-electron chi connectivity index (χ0n) is 19.6. The molecule has 0 amide bonds. The van der Waals surface area contributed by atoms with Gasteiger partial charge in [-0.2, -0.15) is 0 Å². The van der Waals surface area contributed by atoms with Crippen LogP contribution in [0.1, 0.15) is 12.8 Å². The molecule has 0 spiro atoms. The Hall–Kier alpha value is -1.98. The first-order valence-corrected chi connectivity index (χ1v) is 26.9. The van der Waals surface area contributed by atoms with E-state index in [4.69, 9.17) is 8.85 Å². The van der Waals surface area contributed by atoms with Gasteiger partial charge in [0.15, 0.2) is 0 Å². The Morgan fingerprint density at radius 2 is 0.892 bits per heavy atom. The van der Waals surface area contributed by atoms with Gasteiger partial charge in [-0.05, 0) is 0 Å². The van der Waals surface area contributed by atoms with Crippen molar-refractivity contribution in [2.24, 2.45) is 0 Å². The normalized spacial score (nSPS) is 15.7. The van der Waals surface area contributed by atoms with E-state index in [2.05, 4.69) is 0 Å². The molecule has 2 nitrogen and oxygen atoms in total. The molecular weight excluding hydrogens is 608 g/mol. The van der Waals surface area contributed by atoms with Gasteiger partial charge in [0, 0.05) is 0 Å². The van der Waals surface area contributed by atoms with E-state index in [1.54, 1.807) is 0 Å². The van der Waals surface area contributed by atoms with Gasteiger partial charge in [-0.25, -0.2) is 0 Å². The van der Waals surface area contributed by atoms with Crippen molar-refractivity contribution in [3.63, 3.8) is 0 Å². The molecule has 0 bridgehead atoms. The van der Waals surface area contributed by atoms with Crippen LogP contribution < -0.4 is 16.6 Å². The Morgan fingerprint density at radius 3 is 1.14 bits per heavy atom. The van der Waals surface area contributed by atoms with Crippen molar-refractivity contribution in [2.75, 3.05) is 0 Å². The number of hydrogen-bond acceptors (Lipinski definition) is 2. The predicted molar refractivity (Wildman–Crippen MR) is 134 cm³/mol. The van der Waals surface area contributed by atoms with Gasteiger partial charge in [0.25, 0.3) is 0 Å². The topological polar surface area (TPSA) is 18.5 Å². The fourth-order valence-electron chi connectivity index (χ4n) is 4.85. The van der Waals surface area contributed by atoms with E-state index in [0.717, 1.165) is 0 Å². The van der Waals surface area contributed by atoms with Crippen LogP contribution >= 0.6 is 0 Å². The number of halogens is 8. The molecule has 15 heteroatoms. The number of rotatable bonds is 8. The molecule has 0 fully saturated rings. The summed E-state index contributed by atoms with van der Waals surface area (Å²) in [6.45, 7) is 0. The summed E-state index contributed by atoms with van der Waals surface area (Å²) in [6, 6.07) is 0. The molecular formula is C22H20F8O2Si4Ti. The molecule has 4 rings (SSSR count). The van der Waals surface area contributed by atoms with Gasteiger partial charge in [-0.3, -0.25) is 0 Å². The van der Waals surface area contributed by atoms with Gasteiger partial charge in [-0.15, -0.1) is 0 Å². The first-order valence-electron chi connectivity index (χ1n) is 11.3. The molecule has 196 valence electrons. The Labute approximate surface area is 220 Å². The van der Waals surface area contributed by atoms with Crippen LogP contribution in [0.3, 0.4) is 0 Å². The summed E-state index contributed by atoms with van der Waals surface area (Å²) in [4.78, 5) is 0. The Balaban J connectivity index is 2.25. The minimum atomic E-state index is -5.79. The third-order valence-corrected chi connectivity index (χ3v) is 17.0. The van der Waals surface area contributed by atoms with E-state index in [1.165, 1.54) is 36.5 Å². The van der Waals surface area contributed by atoms with Gasteiger partial charge in [0.2, 0.25) is 0 Å². The van der Waals surface area contributed by atoms with Crippen molar-refractivity contribution in [2.45, 2.75) is 12.8 Å². The third kappa shape index (κ3) is 4.30. The Bertz CT molecular complexity index is 1250. The van der Waals surface area contributed by atoms with Crippen molar-refractivity contribution in [1.82, 2.24) is 0 Å². The average molecular weight is 629 g/mol. The molecule has 0 radical (unpaired) electrons. The summed E-state index contributed by atoms with van der Waals surface area (Å²) in [6.07, 6.45) is 8.37. The molecule has 0 heterocycles. The van der Waals surface area contributed by atoms with Gasteiger partial charge in [-0.1, -0.05) is 0 Å². The first kappa shape index (κ1) is 28.0. The summed E-state index contributed by atoms with van der Waals surface area (Å²) >= 11 is -5.79. The summed E-state index contributed by atoms with van der Waals surface area (Å²) in [5, 5.41) is 0. The van der Waals surface area contributed by atoms with Gasteiger partial charge >= 0.3 is 221 Å².